The number of nitrogens with zero attached hydrogens (tertiary/aromatic N) is 2. The molecule has 0 aliphatic heterocycles. The van der Waals surface area contributed by atoms with Crippen molar-refractivity contribution in [3.8, 4) is 17.2 Å². The van der Waals surface area contributed by atoms with Crippen LogP contribution in [0.5, 0.6) is 17.2 Å². The molecule has 1 N–H and O–H groups in total. The number of benzene rings is 4. The number of hydrazone groups is 1. The van der Waals surface area contributed by atoms with E-state index in [4.69, 9.17) is 42.6 Å². The maximum atomic E-state index is 13.5. The molecule has 1 heterocycles. The highest BCUT2D eigenvalue weighted by Gasteiger charge is 2.23. The number of unbranched alkanes of at least 4 members (excludes halogenated alkanes) is 1. The smallest absolute Gasteiger partial charge is 0.343 e. The highest BCUT2D eigenvalue weighted by Crippen LogP contribution is 2.27. The minimum atomic E-state index is -0.851. The molecule has 0 aliphatic rings. The van der Waals surface area contributed by atoms with E-state index in [9.17, 15) is 28.8 Å². The largest absolute Gasteiger partial charge is 0.490 e. The summed E-state index contributed by atoms with van der Waals surface area (Å²) in [4.78, 5) is 77.7. The molecule has 1 unspecified atom stereocenters. The average Bonchev–Trinajstić information content (AvgIpc) is 3.80. The van der Waals surface area contributed by atoms with Crippen LogP contribution in [0.1, 0.15) is 65.0 Å². The summed E-state index contributed by atoms with van der Waals surface area (Å²) in [6, 6.07) is 25.3. The Morgan fingerprint density at radius 2 is 1.38 bits per heavy atom. The molecule has 0 saturated carbocycles. The summed E-state index contributed by atoms with van der Waals surface area (Å²) in [7, 11) is 0. The van der Waals surface area contributed by atoms with E-state index in [1.807, 2.05) is 24.3 Å². The quantitative estimate of drug-likeness (QED) is 0.00871. The van der Waals surface area contributed by atoms with Gasteiger partial charge < -0.3 is 42.6 Å². The fourth-order valence-corrected chi connectivity index (χ4v) is 6.94. The van der Waals surface area contributed by atoms with E-state index >= 15 is 0 Å². The molecule has 0 saturated heterocycles. The molecule has 5 aromatic rings. The maximum Gasteiger partial charge on any atom is 0.343 e. The molecule has 5 rings (SSSR count). The second-order valence-electron chi connectivity index (χ2n) is 15.9. The van der Waals surface area contributed by atoms with E-state index in [-0.39, 0.29) is 64.0 Å². The molecule has 0 aliphatic carbocycles. The van der Waals surface area contributed by atoms with Crippen molar-refractivity contribution < 1.29 is 71.4 Å². The second-order valence-corrected chi connectivity index (χ2v) is 17.0. The summed E-state index contributed by atoms with van der Waals surface area (Å²) < 4.78 is 50.4. The lowest BCUT2D eigenvalue weighted by Gasteiger charge is -2.25. The van der Waals surface area contributed by atoms with Gasteiger partial charge in [-0.1, -0.05) is 49.3 Å². The van der Waals surface area contributed by atoms with E-state index in [0.29, 0.717) is 47.0 Å². The lowest BCUT2D eigenvalue weighted by molar-refractivity contribution is -0.156. The minimum absolute atomic E-state index is 0.00331. The molecule has 0 spiro atoms. The summed E-state index contributed by atoms with van der Waals surface area (Å²) in [5.74, 6) is -2.60. The Morgan fingerprint density at radius 1 is 0.722 bits per heavy atom. The van der Waals surface area contributed by atoms with Gasteiger partial charge in [0.2, 0.25) is 5.13 Å². The second kappa shape index (κ2) is 28.5. The van der Waals surface area contributed by atoms with Gasteiger partial charge in [-0.3, -0.25) is 10.2 Å². The van der Waals surface area contributed by atoms with Gasteiger partial charge in [0.1, 0.15) is 42.7 Å². The SMILES string of the molecule is C=CC(=O)OCCCCOCC(COc1ccc(C(=O)Oc2ccc(CCOC(=O)c3ccc(OC(C)(C)COC(=O)C=C)cc3)cc2/C=N/Nc2nc3ccccc3s2)cc1)OC(=O)CCOC(=O)C=C. The van der Waals surface area contributed by atoms with E-state index < -0.39 is 47.5 Å². The Balaban J connectivity index is 1.20. The number of para-hydroxylation sites is 1. The third kappa shape index (κ3) is 19.0. The van der Waals surface area contributed by atoms with Crippen LogP contribution < -0.4 is 19.6 Å². The highest BCUT2D eigenvalue weighted by atomic mass is 32.1. The van der Waals surface area contributed by atoms with Crippen LogP contribution in [0, 0.1) is 0 Å². The molecule has 0 fully saturated rings. The van der Waals surface area contributed by atoms with Crippen LogP contribution in [-0.4, -0.2) is 105 Å². The number of carbonyl (C=O) groups is 6. The van der Waals surface area contributed by atoms with E-state index in [1.165, 1.54) is 29.7 Å². The molecule has 19 heteroatoms. The molecule has 4 aromatic carbocycles. The Labute approximate surface area is 420 Å². The van der Waals surface area contributed by atoms with Crippen molar-refractivity contribution in [1.29, 1.82) is 0 Å². The average molecular weight is 1010 g/mol. The van der Waals surface area contributed by atoms with Crippen molar-refractivity contribution in [2.24, 2.45) is 5.10 Å². The summed E-state index contributed by atoms with van der Waals surface area (Å²) in [6.07, 6.45) is 5.00. The third-order valence-corrected chi connectivity index (χ3v) is 10.7. The highest BCUT2D eigenvalue weighted by molar-refractivity contribution is 7.22. The van der Waals surface area contributed by atoms with Gasteiger partial charge in [-0.25, -0.2) is 29.0 Å². The van der Waals surface area contributed by atoms with Crippen LogP contribution in [0.25, 0.3) is 10.2 Å². The van der Waals surface area contributed by atoms with Crippen LogP contribution in [0.4, 0.5) is 5.13 Å². The van der Waals surface area contributed by atoms with Gasteiger partial charge >= 0.3 is 35.8 Å². The monoisotopic (exact) mass is 1010 g/mol. The van der Waals surface area contributed by atoms with E-state index in [1.54, 1.807) is 68.4 Å². The van der Waals surface area contributed by atoms with Crippen molar-refractivity contribution in [3.63, 3.8) is 0 Å². The number of anilines is 1. The predicted octanol–water partition coefficient (Wildman–Crippen LogP) is 8.18. The Bertz CT molecular complexity index is 2660. The van der Waals surface area contributed by atoms with Gasteiger partial charge in [0.25, 0.3) is 0 Å². The number of hydrogen-bond acceptors (Lipinski definition) is 19. The number of rotatable bonds is 30. The molecule has 1 aromatic heterocycles. The van der Waals surface area contributed by atoms with Crippen molar-refractivity contribution in [2.45, 2.75) is 51.2 Å². The van der Waals surface area contributed by atoms with Gasteiger partial charge in [-0.05, 0) is 105 Å². The van der Waals surface area contributed by atoms with Gasteiger partial charge in [-0.2, -0.15) is 5.10 Å². The zero-order chi connectivity index (χ0) is 51.7. The van der Waals surface area contributed by atoms with Crippen molar-refractivity contribution in [2.75, 3.05) is 51.7 Å². The predicted molar refractivity (Wildman–Crippen MR) is 267 cm³/mol. The number of hydrogen-bond donors (Lipinski definition) is 1. The molecule has 0 bridgehead atoms. The number of esters is 6. The van der Waals surface area contributed by atoms with E-state index in [0.717, 1.165) is 34.0 Å². The lowest BCUT2D eigenvalue weighted by Crippen LogP contribution is -2.35. The lowest BCUT2D eigenvalue weighted by atomic mass is 10.1. The molecule has 72 heavy (non-hydrogen) atoms. The van der Waals surface area contributed by atoms with Gasteiger partial charge in [0.05, 0.1) is 53.8 Å². The number of nitrogens with one attached hydrogen (secondary N) is 1. The van der Waals surface area contributed by atoms with Crippen LogP contribution in [0.15, 0.2) is 134 Å². The van der Waals surface area contributed by atoms with Gasteiger partial charge in [-0.15, -0.1) is 0 Å². The number of aromatic nitrogens is 1. The van der Waals surface area contributed by atoms with Gasteiger partial charge in [0, 0.05) is 36.8 Å². The van der Waals surface area contributed by atoms with Crippen molar-refractivity contribution >= 4 is 68.7 Å². The standard InChI is InChI=1S/C53H55N3O15S/c1-6-46(57)64-28-12-11-27-63-33-42(69-49(60)26-30-65-47(58)7-2)34-67-40-20-16-38(17-21-40)51(62)70-44-24-15-36(31-39(44)32-54-56-52-55-43-13-9-10-14-45(43)72-52)25-29-66-50(61)37-18-22-41(23-19-37)71-53(4,5)35-68-48(59)8-3/h6-10,13-24,31-32,42H,1-3,11-12,25-30,33-35H2,4-5H3,(H,55,56)/b54-32+. The topological polar surface area (TPSA) is 223 Å². The van der Waals surface area contributed by atoms with E-state index in [2.05, 4.69) is 35.2 Å². The molecular weight excluding hydrogens is 951 g/mol. The normalized spacial score (nSPS) is 11.4. The molecular formula is C53H55N3O15S. The Kier molecular flexibility index (Phi) is 21.7. The Morgan fingerprint density at radius 3 is 2.08 bits per heavy atom. The number of ether oxygens (including phenoxy) is 9. The fraction of sp³-hybridized carbons (Fsp3) is 0.283. The summed E-state index contributed by atoms with van der Waals surface area (Å²) in [5, 5.41) is 4.94. The van der Waals surface area contributed by atoms with Crippen LogP contribution in [-0.2, 0) is 54.0 Å². The summed E-state index contributed by atoms with van der Waals surface area (Å²) in [5.41, 5.74) is 4.62. The maximum absolute atomic E-state index is 13.5. The molecule has 378 valence electrons. The molecule has 0 amide bonds. The van der Waals surface area contributed by atoms with Gasteiger partial charge in [0.15, 0.2) is 6.10 Å². The molecule has 0 radical (unpaired) electrons. The zero-order valence-corrected chi connectivity index (χ0v) is 40.7. The summed E-state index contributed by atoms with van der Waals surface area (Å²) >= 11 is 1.42. The van der Waals surface area contributed by atoms with Crippen molar-refractivity contribution in [3.05, 3.63) is 151 Å². The number of fused-ring (bicyclic) bond motifs is 1. The first-order chi connectivity index (χ1) is 34.7. The van der Waals surface area contributed by atoms with Crippen LogP contribution in [0.2, 0.25) is 0 Å². The summed E-state index contributed by atoms with van der Waals surface area (Å²) in [6.45, 7) is 13.8. The number of carbonyl (C=O) groups excluding carboxylic acids is 6. The molecule has 1 atom stereocenters. The first-order valence-electron chi connectivity index (χ1n) is 22.6. The third-order valence-electron chi connectivity index (χ3n) is 9.71. The zero-order valence-electron chi connectivity index (χ0n) is 39.9. The Hall–Kier alpha value is -8.16. The van der Waals surface area contributed by atoms with Crippen LogP contribution in [0.3, 0.4) is 0 Å². The first kappa shape index (κ1) is 54.8. The van der Waals surface area contributed by atoms with Crippen molar-refractivity contribution in [1.82, 2.24) is 4.98 Å². The minimum Gasteiger partial charge on any atom is -0.490 e. The van der Waals surface area contributed by atoms with Crippen LogP contribution >= 0.6 is 11.3 Å². The first-order valence-corrected chi connectivity index (χ1v) is 23.4. The molecule has 18 nitrogen and oxygen atoms in total. The fourth-order valence-electron chi connectivity index (χ4n) is 6.12. The number of thiazole rings is 1.